The lowest BCUT2D eigenvalue weighted by atomic mass is 10.2. The van der Waals surface area contributed by atoms with E-state index in [9.17, 15) is 4.79 Å². The van der Waals surface area contributed by atoms with E-state index in [1.165, 1.54) is 0 Å². The molecule has 0 bridgehead atoms. The first-order valence-electron chi connectivity index (χ1n) is 6.50. The molecule has 19 heavy (non-hydrogen) atoms. The van der Waals surface area contributed by atoms with Crippen molar-refractivity contribution in [2.45, 2.75) is 0 Å². The molecule has 0 spiro atoms. The number of hydrogen-bond donors (Lipinski definition) is 0. The smallest absolute Gasteiger partial charge is 0.209 e. The molecule has 1 aromatic carbocycles. The molecule has 5 heteroatoms. The van der Waals surface area contributed by atoms with Crippen LogP contribution in [0.1, 0.15) is 0 Å². The van der Waals surface area contributed by atoms with Crippen LogP contribution in [0.4, 0.5) is 5.69 Å². The lowest BCUT2D eigenvalue weighted by Crippen LogP contribution is -2.45. The minimum atomic E-state index is 0.543. The van der Waals surface area contributed by atoms with Gasteiger partial charge in [-0.2, -0.15) is 0 Å². The molecule has 5 nitrogen and oxygen atoms in total. The van der Waals surface area contributed by atoms with Gasteiger partial charge in [0, 0.05) is 33.3 Å². The topological polar surface area (TPSA) is 42.0 Å². The van der Waals surface area contributed by atoms with Crippen LogP contribution in [-0.4, -0.2) is 57.8 Å². The fourth-order valence-electron chi connectivity index (χ4n) is 2.14. The zero-order valence-electron chi connectivity index (χ0n) is 11.2. The summed E-state index contributed by atoms with van der Waals surface area (Å²) in [5.74, 6) is 0.874. The summed E-state index contributed by atoms with van der Waals surface area (Å²) in [5.41, 5.74) is 1.09. The fourth-order valence-corrected chi connectivity index (χ4v) is 2.14. The molecule has 0 aromatic heterocycles. The molecule has 1 heterocycles. The Kier molecular flexibility index (Phi) is 5.03. The Bertz CT molecular complexity index is 403. The molecule has 1 aliphatic heterocycles. The van der Waals surface area contributed by atoms with E-state index >= 15 is 0 Å². The quantitative estimate of drug-likeness (QED) is 0.567. The molecule has 0 atom stereocenters. The summed E-state index contributed by atoms with van der Waals surface area (Å²) < 4.78 is 10.7. The van der Waals surface area contributed by atoms with Gasteiger partial charge in [0.2, 0.25) is 6.41 Å². The average Bonchev–Trinajstić information content (AvgIpc) is 2.48. The number of nitrogens with zero attached hydrogens (tertiary/aromatic N) is 2. The third-order valence-electron chi connectivity index (χ3n) is 3.21. The van der Waals surface area contributed by atoms with Crippen molar-refractivity contribution in [2.75, 3.05) is 51.4 Å². The highest BCUT2D eigenvalue weighted by atomic mass is 16.5. The van der Waals surface area contributed by atoms with Crippen molar-refractivity contribution in [1.82, 2.24) is 4.90 Å². The molecule has 0 radical (unpaired) electrons. The summed E-state index contributed by atoms with van der Waals surface area (Å²) in [6.07, 6.45) is 0.915. The molecule has 0 aliphatic carbocycles. The van der Waals surface area contributed by atoms with Crippen LogP contribution in [0, 0.1) is 0 Å². The number of amides is 1. The minimum absolute atomic E-state index is 0.543. The van der Waals surface area contributed by atoms with Crippen LogP contribution in [0.3, 0.4) is 0 Å². The van der Waals surface area contributed by atoms with Crippen LogP contribution < -0.4 is 9.64 Å². The van der Waals surface area contributed by atoms with Crippen molar-refractivity contribution in [3.05, 3.63) is 24.3 Å². The van der Waals surface area contributed by atoms with Gasteiger partial charge in [-0.05, 0) is 12.1 Å². The van der Waals surface area contributed by atoms with Crippen molar-refractivity contribution in [2.24, 2.45) is 0 Å². The lowest BCUT2D eigenvalue weighted by Gasteiger charge is -2.34. The molecule has 1 aliphatic rings. The molecular weight excluding hydrogens is 244 g/mol. The van der Waals surface area contributed by atoms with Crippen molar-refractivity contribution in [3.63, 3.8) is 0 Å². The van der Waals surface area contributed by atoms with Crippen molar-refractivity contribution < 1.29 is 14.3 Å². The maximum Gasteiger partial charge on any atom is 0.209 e. The highest BCUT2D eigenvalue weighted by Gasteiger charge is 2.18. The first-order chi connectivity index (χ1) is 9.35. The Morgan fingerprint density at radius 3 is 2.58 bits per heavy atom. The Morgan fingerprint density at radius 1 is 1.16 bits per heavy atom. The van der Waals surface area contributed by atoms with Crippen molar-refractivity contribution in [1.29, 1.82) is 0 Å². The number of anilines is 1. The van der Waals surface area contributed by atoms with E-state index in [2.05, 4.69) is 11.0 Å². The standard InChI is InChI=1S/C14H20N2O3/c1-18-10-11-19-14-5-3-2-4-13(14)16-8-6-15(12-17)7-9-16/h2-5,12H,6-11H2,1H3. The molecule has 0 unspecified atom stereocenters. The molecule has 2 rings (SSSR count). The number of methoxy groups -OCH3 is 1. The SMILES string of the molecule is COCCOc1ccccc1N1CCN(C=O)CC1. The van der Waals surface area contributed by atoms with Gasteiger partial charge in [-0.25, -0.2) is 0 Å². The number of carbonyl (C=O) groups excluding carboxylic acids is 1. The normalized spacial score (nSPS) is 15.4. The molecule has 1 aromatic rings. The molecule has 1 amide bonds. The Hall–Kier alpha value is -1.75. The van der Waals surface area contributed by atoms with E-state index < -0.39 is 0 Å². The number of ether oxygens (including phenoxy) is 2. The van der Waals surface area contributed by atoms with Gasteiger partial charge in [0.1, 0.15) is 12.4 Å². The number of hydrogen-bond acceptors (Lipinski definition) is 4. The van der Waals surface area contributed by atoms with E-state index in [0.717, 1.165) is 44.0 Å². The van der Waals surface area contributed by atoms with Crippen molar-refractivity contribution >= 4 is 12.1 Å². The molecule has 0 N–H and O–H groups in total. The third-order valence-corrected chi connectivity index (χ3v) is 3.21. The maximum atomic E-state index is 10.7. The zero-order chi connectivity index (χ0) is 13.5. The van der Waals surface area contributed by atoms with Gasteiger partial charge in [0.05, 0.1) is 12.3 Å². The number of para-hydroxylation sites is 2. The van der Waals surface area contributed by atoms with Gasteiger partial charge in [-0.1, -0.05) is 12.1 Å². The lowest BCUT2D eigenvalue weighted by molar-refractivity contribution is -0.118. The summed E-state index contributed by atoms with van der Waals surface area (Å²) in [6.45, 7) is 4.31. The number of carbonyl (C=O) groups is 1. The summed E-state index contributed by atoms with van der Waals surface area (Å²) in [4.78, 5) is 14.8. The Morgan fingerprint density at radius 2 is 1.89 bits per heavy atom. The van der Waals surface area contributed by atoms with Gasteiger partial charge >= 0.3 is 0 Å². The molecule has 104 valence electrons. The summed E-state index contributed by atoms with van der Waals surface area (Å²) in [6, 6.07) is 7.99. The van der Waals surface area contributed by atoms with Gasteiger partial charge in [-0.15, -0.1) is 0 Å². The second kappa shape index (κ2) is 6.99. The Labute approximate surface area is 113 Å². The van der Waals surface area contributed by atoms with Crippen LogP contribution in [0.15, 0.2) is 24.3 Å². The van der Waals surface area contributed by atoms with E-state index in [0.29, 0.717) is 13.2 Å². The molecule has 0 saturated carbocycles. The second-order valence-corrected chi connectivity index (χ2v) is 4.44. The number of rotatable bonds is 6. The maximum absolute atomic E-state index is 10.7. The highest BCUT2D eigenvalue weighted by molar-refractivity contribution is 5.59. The first-order valence-corrected chi connectivity index (χ1v) is 6.50. The second-order valence-electron chi connectivity index (χ2n) is 4.44. The molecule has 1 saturated heterocycles. The van der Waals surface area contributed by atoms with E-state index in [4.69, 9.17) is 9.47 Å². The van der Waals surface area contributed by atoms with Gasteiger partial charge in [0.25, 0.3) is 0 Å². The number of piperazine rings is 1. The van der Waals surface area contributed by atoms with E-state index in [1.807, 2.05) is 18.2 Å². The minimum Gasteiger partial charge on any atom is -0.489 e. The van der Waals surface area contributed by atoms with Crippen LogP contribution in [0.5, 0.6) is 5.75 Å². The summed E-state index contributed by atoms with van der Waals surface area (Å²) in [7, 11) is 1.66. The Balaban J connectivity index is 2.01. The highest BCUT2D eigenvalue weighted by Crippen LogP contribution is 2.28. The van der Waals surface area contributed by atoms with E-state index in [-0.39, 0.29) is 0 Å². The van der Waals surface area contributed by atoms with Crippen LogP contribution >= 0.6 is 0 Å². The zero-order valence-corrected chi connectivity index (χ0v) is 11.2. The molecular formula is C14H20N2O3. The summed E-state index contributed by atoms with van der Waals surface area (Å²) in [5, 5.41) is 0. The third kappa shape index (κ3) is 3.61. The van der Waals surface area contributed by atoms with Crippen LogP contribution in [-0.2, 0) is 9.53 Å². The van der Waals surface area contributed by atoms with E-state index in [1.54, 1.807) is 12.0 Å². The average molecular weight is 264 g/mol. The first kappa shape index (κ1) is 13.7. The monoisotopic (exact) mass is 264 g/mol. The predicted octanol–water partition coefficient (Wildman–Crippen LogP) is 0.990. The van der Waals surface area contributed by atoms with Crippen LogP contribution in [0.2, 0.25) is 0 Å². The fraction of sp³-hybridized carbons (Fsp3) is 0.500. The van der Waals surface area contributed by atoms with Gasteiger partial charge in [0.15, 0.2) is 0 Å². The molecule has 1 fully saturated rings. The predicted molar refractivity (Wildman–Crippen MR) is 73.7 cm³/mol. The number of benzene rings is 1. The van der Waals surface area contributed by atoms with Crippen molar-refractivity contribution in [3.8, 4) is 5.75 Å². The van der Waals surface area contributed by atoms with Gasteiger partial charge < -0.3 is 19.3 Å². The largest absolute Gasteiger partial charge is 0.489 e. The summed E-state index contributed by atoms with van der Waals surface area (Å²) >= 11 is 0. The van der Waals surface area contributed by atoms with Gasteiger partial charge in [-0.3, -0.25) is 4.79 Å². The van der Waals surface area contributed by atoms with Crippen LogP contribution in [0.25, 0.3) is 0 Å².